The van der Waals surface area contributed by atoms with Crippen LogP contribution in [0.15, 0.2) is 59.8 Å². The summed E-state index contributed by atoms with van der Waals surface area (Å²) in [6, 6.07) is 14.7. The third-order valence-corrected chi connectivity index (χ3v) is 5.60. The van der Waals surface area contributed by atoms with Gasteiger partial charge in [0.1, 0.15) is 5.75 Å². The van der Waals surface area contributed by atoms with Crippen LogP contribution in [0.5, 0.6) is 5.75 Å². The summed E-state index contributed by atoms with van der Waals surface area (Å²) in [7, 11) is 2.95. The lowest BCUT2D eigenvalue weighted by Crippen LogP contribution is -2.48. The molecule has 4 rings (SSSR count). The SMILES string of the molecule is COC(=O)C1=C(CN2CCc3ccccc3C2)NC(=O)N[C@@H]1c1ccc(OC)cc1. The minimum Gasteiger partial charge on any atom is -0.497 e. The van der Waals surface area contributed by atoms with Gasteiger partial charge in [0.2, 0.25) is 0 Å². The molecule has 0 aliphatic carbocycles. The molecule has 0 radical (unpaired) electrons. The van der Waals surface area contributed by atoms with Gasteiger partial charge in [0, 0.05) is 25.3 Å². The number of benzene rings is 2. The topological polar surface area (TPSA) is 79.9 Å². The van der Waals surface area contributed by atoms with E-state index in [4.69, 9.17) is 9.47 Å². The minimum atomic E-state index is -0.593. The van der Waals surface area contributed by atoms with Crippen LogP contribution in [0, 0.1) is 0 Å². The van der Waals surface area contributed by atoms with Crippen molar-refractivity contribution in [1.29, 1.82) is 0 Å². The van der Waals surface area contributed by atoms with E-state index in [1.165, 1.54) is 18.2 Å². The third-order valence-electron chi connectivity index (χ3n) is 5.60. The maximum Gasteiger partial charge on any atom is 0.338 e. The second kappa shape index (κ2) is 8.59. The summed E-state index contributed by atoms with van der Waals surface area (Å²) in [5.41, 5.74) is 4.40. The van der Waals surface area contributed by atoms with Crippen molar-refractivity contribution < 1.29 is 19.1 Å². The Kier molecular flexibility index (Phi) is 5.72. The Labute approximate surface area is 175 Å². The number of urea groups is 1. The van der Waals surface area contributed by atoms with E-state index >= 15 is 0 Å². The van der Waals surface area contributed by atoms with Crippen molar-refractivity contribution in [3.05, 3.63) is 76.5 Å². The molecule has 0 aromatic heterocycles. The number of hydrogen-bond acceptors (Lipinski definition) is 5. The lowest BCUT2D eigenvalue weighted by Gasteiger charge is -2.34. The highest BCUT2D eigenvalue weighted by atomic mass is 16.5. The lowest BCUT2D eigenvalue weighted by molar-refractivity contribution is -0.136. The molecule has 2 aliphatic rings. The highest BCUT2D eigenvalue weighted by molar-refractivity contribution is 5.95. The first-order valence-corrected chi connectivity index (χ1v) is 9.91. The Morgan fingerprint density at radius 3 is 2.53 bits per heavy atom. The molecule has 7 nitrogen and oxygen atoms in total. The van der Waals surface area contributed by atoms with Gasteiger partial charge in [-0.15, -0.1) is 0 Å². The van der Waals surface area contributed by atoms with Crippen LogP contribution in [0.2, 0.25) is 0 Å². The van der Waals surface area contributed by atoms with Crippen molar-refractivity contribution in [3.8, 4) is 5.75 Å². The average molecular weight is 407 g/mol. The van der Waals surface area contributed by atoms with E-state index in [1.54, 1.807) is 19.2 Å². The number of methoxy groups -OCH3 is 2. The smallest absolute Gasteiger partial charge is 0.338 e. The molecule has 2 aliphatic heterocycles. The Morgan fingerprint density at radius 1 is 1.10 bits per heavy atom. The van der Waals surface area contributed by atoms with Crippen molar-refractivity contribution in [2.45, 2.75) is 19.0 Å². The Balaban J connectivity index is 1.66. The number of nitrogens with one attached hydrogen (secondary N) is 2. The average Bonchev–Trinajstić information content (AvgIpc) is 2.78. The number of rotatable bonds is 5. The molecular formula is C23H25N3O4. The van der Waals surface area contributed by atoms with E-state index in [0.717, 1.165) is 25.1 Å². The van der Waals surface area contributed by atoms with E-state index in [2.05, 4.69) is 33.7 Å². The summed E-state index contributed by atoms with van der Waals surface area (Å²) in [6.45, 7) is 2.08. The molecule has 0 saturated carbocycles. The molecule has 7 heteroatoms. The van der Waals surface area contributed by atoms with Crippen LogP contribution in [0.4, 0.5) is 4.79 Å². The molecule has 156 valence electrons. The molecule has 0 spiro atoms. The van der Waals surface area contributed by atoms with Gasteiger partial charge in [-0.05, 0) is 35.2 Å². The van der Waals surface area contributed by atoms with Crippen LogP contribution in [-0.2, 0) is 22.5 Å². The van der Waals surface area contributed by atoms with Gasteiger partial charge < -0.3 is 20.1 Å². The van der Waals surface area contributed by atoms with Gasteiger partial charge in [0.15, 0.2) is 0 Å². The van der Waals surface area contributed by atoms with Crippen molar-refractivity contribution in [2.75, 3.05) is 27.3 Å². The number of carbonyl (C=O) groups is 2. The first-order chi connectivity index (χ1) is 14.6. The van der Waals surface area contributed by atoms with E-state index in [1.807, 2.05) is 18.2 Å². The summed E-state index contributed by atoms with van der Waals surface area (Å²) in [5, 5.41) is 5.69. The first kappa shape index (κ1) is 20.0. The fraction of sp³-hybridized carbons (Fsp3) is 0.304. The molecule has 2 aromatic rings. The number of amides is 2. The van der Waals surface area contributed by atoms with Gasteiger partial charge in [0.25, 0.3) is 0 Å². The van der Waals surface area contributed by atoms with Gasteiger partial charge in [-0.25, -0.2) is 9.59 Å². The zero-order valence-electron chi connectivity index (χ0n) is 17.1. The van der Waals surface area contributed by atoms with Crippen LogP contribution >= 0.6 is 0 Å². The molecule has 2 aromatic carbocycles. The number of fused-ring (bicyclic) bond motifs is 1. The van der Waals surface area contributed by atoms with Crippen LogP contribution in [0.3, 0.4) is 0 Å². The number of hydrogen-bond donors (Lipinski definition) is 2. The monoisotopic (exact) mass is 407 g/mol. The molecule has 30 heavy (non-hydrogen) atoms. The number of ether oxygens (including phenoxy) is 2. The standard InChI is InChI=1S/C23H25N3O4/c1-29-18-9-7-16(8-10-18)21-20(22(27)30-2)19(24-23(28)25-21)14-26-12-11-15-5-3-4-6-17(15)13-26/h3-10,21H,11-14H2,1-2H3,(H2,24,25,28)/t21-/m1/s1. The summed E-state index contributed by atoms with van der Waals surface area (Å²) in [4.78, 5) is 27.4. The van der Waals surface area contributed by atoms with E-state index in [0.29, 0.717) is 23.6 Å². The summed E-state index contributed by atoms with van der Waals surface area (Å²) < 4.78 is 10.3. The van der Waals surface area contributed by atoms with Crippen LogP contribution in [0.25, 0.3) is 0 Å². The molecular weight excluding hydrogens is 382 g/mol. The number of esters is 1. The predicted octanol–water partition coefficient (Wildman–Crippen LogP) is 2.53. The van der Waals surface area contributed by atoms with Gasteiger partial charge in [-0.3, -0.25) is 4.90 Å². The highest BCUT2D eigenvalue weighted by Gasteiger charge is 2.34. The lowest BCUT2D eigenvalue weighted by atomic mass is 9.94. The van der Waals surface area contributed by atoms with Gasteiger partial charge in [-0.1, -0.05) is 36.4 Å². The molecule has 1 atom stereocenters. The van der Waals surface area contributed by atoms with E-state index in [9.17, 15) is 9.59 Å². The number of carbonyl (C=O) groups excluding carboxylic acids is 2. The summed E-state index contributed by atoms with van der Waals surface area (Å²) in [5.74, 6) is 0.241. The van der Waals surface area contributed by atoms with Crippen molar-refractivity contribution in [3.63, 3.8) is 0 Å². The zero-order chi connectivity index (χ0) is 21.1. The normalized spacial score (nSPS) is 18.9. The summed E-state index contributed by atoms with van der Waals surface area (Å²) in [6.07, 6.45) is 0.936. The van der Waals surface area contributed by atoms with Gasteiger partial charge in [-0.2, -0.15) is 0 Å². The Morgan fingerprint density at radius 2 is 1.83 bits per heavy atom. The van der Waals surface area contributed by atoms with E-state index in [-0.39, 0.29) is 6.03 Å². The van der Waals surface area contributed by atoms with Crippen molar-refractivity contribution in [1.82, 2.24) is 15.5 Å². The fourth-order valence-electron chi connectivity index (χ4n) is 4.05. The van der Waals surface area contributed by atoms with Gasteiger partial charge >= 0.3 is 12.0 Å². The van der Waals surface area contributed by atoms with Crippen LogP contribution in [0.1, 0.15) is 22.7 Å². The maximum absolute atomic E-state index is 12.7. The van der Waals surface area contributed by atoms with Crippen LogP contribution < -0.4 is 15.4 Å². The van der Waals surface area contributed by atoms with Gasteiger partial charge in [0.05, 0.1) is 25.8 Å². The quantitative estimate of drug-likeness (QED) is 0.745. The fourth-order valence-corrected chi connectivity index (χ4v) is 4.05. The molecule has 2 amide bonds. The first-order valence-electron chi connectivity index (χ1n) is 9.91. The molecule has 0 unspecified atom stereocenters. The van der Waals surface area contributed by atoms with Crippen molar-refractivity contribution in [2.24, 2.45) is 0 Å². The molecule has 2 N–H and O–H groups in total. The Bertz CT molecular complexity index is 984. The number of nitrogens with zero attached hydrogens (tertiary/aromatic N) is 1. The highest BCUT2D eigenvalue weighted by Crippen LogP contribution is 2.30. The molecule has 0 saturated heterocycles. The van der Waals surface area contributed by atoms with E-state index < -0.39 is 12.0 Å². The maximum atomic E-state index is 12.7. The van der Waals surface area contributed by atoms with Crippen molar-refractivity contribution >= 4 is 12.0 Å². The Hall–Kier alpha value is -3.32. The molecule has 0 bridgehead atoms. The van der Waals surface area contributed by atoms with Crippen LogP contribution in [-0.4, -0.2) is 44.2 Å². The minimum absolute atomic E-state index is 0.337. The summed E-state index contributed by atoms with van der Waals surface area (Å²) >= 11 is 0. The third kappa shape index (κ3) is 4.02. The molecule has 0 fully saturated rings. The largest absolute Gasteiger partial charge is 0.497 e. The second-order valence-corrected chi connectivity index (χ2v) is 7.42. The zero-order valence-corrected chi connectivity index (χ0v) is 17.1. The molecule has 2 heterocycles. The predicted molar refractivity (Wildman–Crippen MR) is 112 cm³/mol. The second-order valence-electron chi connectivity index (χ2n) is 7.42.